The van der Waals surface area contributed by atoms with Gasteiger partial charge in [-0.05, 0) is 49.9 Å². The van der Waals surface area contributed by atoms with Crippen LogP contribution in [0.2, 0.25) is 0 Å². The smallest absolute Gasteiger partial charge is 0.303 e. The van der Waals surface area contributed by atoms with Crippen molar-refractivity contribution in [1.29, 1.82) is 0 Å². The zero-order chi connectivity index (χ0) is 13.5. The highest BCUT2D eigenvalue weighted by Gasteiger charge is 2.05. The maximum absolute atomic E-state index is 11.8. The van der Waals surface area contributed by atoms with E-state index >= 15 is 0 Å². The van der Waals surface area contributed by atoms with Gasteiger partial charge in [0.15, 0.2) is 0 Å². The van der Waals surface area contributed by atoms with Crippen LogP contribution in [0.5, 0.6) is 0 Å². The molecule has 0 aliphatic carbocycles. The third-order valence-corrected chi connectivity index (χ3v) is 2.87. The first kappa shape index (κ1) is 14.2. The third-order valence-electron chi connectivity index (χ3n) is 2.87. The number of carbonyl (C=O) groups excluding carboxylic acids is 1. The highest BCUT2D eigenvalue weighted by atomic mass is 16.4. The number of carboxylic acids is 1. The monoisotopic (exact) mass is 249 g/mol. The predicted octanol–water partition coefficient (Wildman–Crippen LogP) is 2.29. The van der Waals surface area contributed by atoms with Crippen molar-refractivity contribution in [3.8, 4) is 0 Å². The standard InChI is InChI=1S/C14H19NO3/c1-10-6-7-12(9-11(10)2)14(18)15-8-4-3-5-13(16)17/h6-7,9H,3-5,8H2,1-2H3,(H,15,18)(H,16,17). The van der Waals surface area contributed by atoms with Gasteiger partial charge in [0.1, 0.15) is 0 Å². The van der Waals surface area contributed by atoms with Gasteiger partial charge in [0.05, 0.1) is 0 Å². The molecule has 0 spiro atoms. The molecule has 0 aliphatic heterocycles. The second kappa shape index (κ2) is 6.79. The van der Waals surface area contributed by atoms with E-state index in [0.29, 0.717) is 24.9 Å². The average Bonchev–Trinajstić information content (AvgIpc) is 2.31. The second-order valence-electron chi connectivity index (χ2n) is 4.41. The fourth-order valence-corrected chi connectivity index (χ4v) is 1.59. The third kappa shape index (κ3) is 4.57. The topological polar surface area (TPSA) is 66.4 Å². The van der Waals surface area contributed by atoms with E-state index in [0.717, 1.165) is 11.1 Å². The number of nitrogens with one attached hydrogen (secondary N) is 1. The quantitative estimate of drug-likeness (QED) is 0.760. The average molecular weight is 249 g/mol. The summed E-state index contributed by atoms with van der Waals surface area (Å²) in [7, 11) is 0. The molecule has 4 nitrogen and oxygen atoms in total. The highest BCUT2D eigenvalue weighted by molar-refractivity contribution is 5.94. The van der Waals surface area contributed by atoms with Gasteiger partial charge in [-0.25, -0.2) is 0 Å². The highest BCUT2D eigenvalue weighted by Crippen LogP contribution is 2.09. The van der Waals surface area contributed by atoms with Crippen LogP contribution in [0.3, 0.4) is 0 Å². The molecule has 0 unspecified atom stereocenters. The van der Waals surface area contributed by atoms with Crippen LogP contribution in [0, 0.1) is 13.8 Å². The van der Waals surface area contributed by atoms with Crippen molar-refractivity contribution in [3.63, 3.8) is 0 Å². The van der Waals surface area contributed by atoms with Crippen molar-refractivity contribution >= 4 is 11.9 Å². The molecule has 2 N–H and O–H groups in total. The molecule has 0 bridgehead atoms. The van der Waals surface area contributed by atoms with E-state index in [1.807, 2.05) is 26.0 Å². The molecule has 0 aliphatic rings. The fourth-order valence-electron chi connectivity index (χ4n) is 1.59. The SMILES string of the molecule is Cc1ccc(C(=O)NCCCCC(=O)O)cc1C. The number of carboxylic acid groups (broad SMARTS) is 1. The van der Waals surface area contributed by atoms with Crippen LogP contribution >= 0.6 is 0 Å². The van der Waals surface area contributed by atoms with Gasteiger partial charge in [-0.15, -0.1) is 0 Å². The molecule has 0 saturated heterocycles. The van der Waals surface area contributed by atoms with Gasteiger partial charge in [0.25, 0.3) is 5.91 Å². The van der Waals surface area contributed by atoms with Crippen molar-refractivity contribution in [1.82, 2.24) is 5.32 Å². The molecule has 4 heteroatoms. The van der Waals surface area contributed by atoms with E-state index in [4.69, 9.17) is 5.11 Å². The second-order valence-corrected chi connectivity index (χ2v) is 4.41. The Labute approximate surface area is 107 Å². The lowest BCUT2D eigenvalue weighted by atomic mass is 10.1. The number of carbonyl (C=O) groups is 2. The van der Waals surface area contributed by atoms with Crippen molar-refractivity contribution in [3.05, 3.63) is 34.9 Å². The van der Waals surface area contributed by atoms with E-state index in [1.54, 1.807) is 6.07 Å². The summed E-state index contributed by atoms with van der Waals surface area (Å²) in [6.45, 7) is 4.49. The van der Waals surface area contributed by atoms with Crippen LogP contribution in [0.15, 0.2) is 18.2 Å². The molecule has 0 fully saturated rings. The summed E-state index contributed by atoms with van der Waals surface area (Å²) in [5, 5.41) is 11.3. The number of hydrogen-bond donors (Lipinski definition) is 2. The number of aliphatic carboxylic acids is 1. The van der Waals surface area contributed by atoms with Crippen molar-refractivity contribution in [2.75, 3.05) is 6.54 Å². The van der Waals surface area contributed by atoms with E-state index in [9.17, 15) is 9.59 Å². The molecule has 98 valence electrons. The van der Waals surface area contributed by atoms with Gasteiger partial charge < -0.3 is 10.4 Å². The molecule has 1 aromatic carbocycles. The molecule has 1 amide bonds. The first-order valence-corrected chi connectivity index (χ1v) is 6.08. The largest absolute Gasteiger partial charge is 0.481 e. The Kier molecular flexibility index (Phi) is 5.36. The lowest BCUT2D eigenvalue weighted by molar-refractivity contribution is -0.137. The first-order chi connectivity index (χ1) is 8.50. The molecular formula is C14H19NO3. The normalized spacial score (nSPS) is 10.1. The molecule has 0 aromatic heterocycles. The summed E-state index contributed by atoms with van der Waals surface area (Å²) in [6, 6.07) is 5.59. The van der Waals surface area contributed by atoms with Gasteiger partial charge in [-0.2, -0.15) is 0 Å². The van der Waals surface area contributed by atoms with Crippen LogP contribution < -0.4 is 5.32 Å². The Morgan fingerprint density at radius 2 is 1.89 bits per heavy atom. The molecule has 0 heterocycles. The number of hydrogen-bond acceptors (Lipinski definition) is 2. The first-order valence-electron chi connectivity index (χ1n) is 6.08. The summed E-state index contributed by atoms with van der Waals surface area (Å²) >= 11 is 0. The Balaban J connectivity index is 2.36. The van der Waals surface area contributed by atoms with E-state index in [1.165, 1.54) is 0 Å². The van der Waals surface area contributed by atoms with E-state index in [-0.39, 0.29) is 12.3 Å². The van der Waals surface area contributed by atoms with Crippen LogP contribution in [-0.2, 0) is 4.79 Å². The molecule has 18 heavy (non-hydrogen) atoms. The number of amides is 1. The molecule has 0 atom stereocenters. The Morgan fingerprint density at radius 1 is 1.17 bits per heavy atom. The maximum Gasteiger partial charge on any atom is 0.303 e. The van der Waals surface area contributed by atoms with Crippen LogP contribution in [0.25, 0.3) is 0 Å². The number of unbranched alkanes of at least 4 members (excludes halogenated alkanes) is 1. The van der Waals surface area contributed by atoms with Crippen molar-refractivity contribution < 1.29 is 14.7 Å². The van der Waals surface area contributed by atoms with Crippen LogP contribution in [0.4, 0.5) is 0 Å². The summed E-state index contributed by atoms with van der Waals surface area (Å²) in [4.78, 5) is 22.1. The van der Waals surface area contributed by atoms with Crippen molar-refractivity contribution in [2.45, 2.75) is 33.1 Å². The van der Waals surface area contributed by atoms with Gasteiger partial charge in [0, 0.05) is 18.5 Å². The number of benzene rings is 1. The van der Waals surface area contributed by atoms with E-state index in [2.05, 4.69) is 5.32 Å². The number of rotatable bonds is 6. The minimum Gasteiger partial charge on any atom is -0.481 e. The zero-order valence-electron chi connectivity index (χ0n) is 10.8. The molecule has 1 rings (SSSR count). The van der Waals surface area contributed by atoms with Gasteiger partial charge in [-0.1, -0.05) is 6.07 Å². The molecule has 0 saturated carbocycles. The maximum atomic E-state index is 11.8. The summed E-state index contributed by atoms with van der Waals surface area (Å²) in [6.07, 6.45) is 1.42. The summed E-state index contributed by atoms with van der Waals surface area (Å²) in [5.74, 6) is -0.899. The lowest BCUT2D eigenvalue weighted by Crippen LogP contribution is -2.24. The minimum absolute atomic E-state index is 0.103. The molecule has 0 radical (unpaired) electrons. The summed E-state index contributed by atoms with van der Waals surface area (Å²) < 4.78 is 0. The van der Waals surface area contributed by atoms with Crippen LogP contribution in [-0.4, -0.2) is 23.5 Å². The Bertz CT molecular complexity index is 441. The van der Waals surface area contributed by atoms with Crippen molar-refractivity contribution in [2.24, 2.45) is 0 Å². The Hall–Kier alpha value is -1.84. The summed E-state index contributed by atoms with van der Waals surface area (Å²) in [5.41, 5.74) is 2.90. The number of aryl methyl sites for hydroxylation is 2. The fraction of sp³-hybridized carbons (Fsp3) is 0.429. The minimum atomic E-state index is -0.796. The van der Waals surface area contributed by atoms with Gasteiger partial charge in [-0.3, -0.25) is 9.59 Å². The molecule has 1 aromatic rings. The van der Waals surface area contributed by atoms with E-state index < -0.39 is 5.97 Å². The van der Waals surface area contributed by atoms with Gasteiger partial charge in [0.2, 0.25) is 0 Å². The Morgan fingerprint density at radius 3 is 2.50 bits per heavy atom. The molecular weight excluding hydrogens is 230 g/mol. The predicted molar refractivity (Wildman–Crippen MR) is 69.7 cm³/mol. The lowest BCUT2D eigenvalue weighted by Gasteiger charge is -2.06. The zero-order valence-corrected chi connectivity index (χ0v) is 10.8. The van der Waals surface area contributed by atoms with Gasteiger partial charge >= 0.3 is 5.97 Å². The van der Waals surface area contributed by atoms with Crippen LogP contribution in [0.1, 0.15) is 40.7 Å².